The van der Waals surface area contributed by atoms with Crippen LogP contribution in [0.1, 0.15) is 10.5 Å². The SMILES string of the molecule is O=C(c1nn2cc(Br)cnc2c1Br)N1CCOCC1. The maximum atomic E-state index is 12.4. The largest absolute Gasteiger partial charge is 0.378 e. The first-order valence-electron chi connectivity index (χ1n) is 5.73. The quantitative estimate of drug-likeness (QED) is 0.745. The molecule has 0 aromatic carbocycles. The third-order valence-corrected chi connectivity index (χ3v) is 4.03. The van der Waals surface area contributed by atoms with Gasteiger partial charge in [0.1, 0.15) is 0 Å². The molecule has 0 N–H and O–H groups in total. The first-order chi connectivity index (χ1) is 9.16. The van der Waals surface area contributed by atoms with E-state index in [9.17, 15) is 4.79 Å². The summed E-state index contributed by atoms with van der Waals surface area (Å²) >= 11 is 6.73. The van der Waals surface area contributed by atoms with E-state index in [0.717, 1.165) is 4.47 Å². The van der Waals surface area contributed by atoms with Gasteiger partial charge in [-0.2, -0.15) is 5.10 Å². The van der Waals surface area contributed by atoms with Gasteiger partial charge in [0.05, 0.1) is 22.2 Å². The van der Waals surface area contributed by atoms with Gasteiger partial charge in [-0.25, -0.2) is 9.50 Å². The number of hydrogen-bond donors (Lipinski definition) is 0. The zero-order valence-corrected chi connectivity index (χ0v) is 13.0. The zero-order chi connectivity index (χ0) is 13.4. The summed E-state index contributed by atoms with van der Waals surface area (Å²) in [5, 5.41) is 4.29. The van der Waals surface area contributed by atoms with E-state index in [1.54, 1.807) is 21.8 Å². The number of nitrogens with zero attached hydrogens (tertiary/aromatic N) is 4. The minimum Gasteiger partial charge on any atom is -0.378 e. The molecule has 0 saturated carbocycles. The zero-order valence-electron chi connectivity index (χ0n) is 9.84. The Balaban J connectivity index is 2.00. The van der Waals surface area contributed by atoms with Crippen molar-refractivity contribution in [3.8, 4) is 0 Å². The van der Waals surface area contributed by atoms with Gasteiger partial charge in [-0.15, -0.1) is 0 Å². The van der Waals surface area contributed by atoms with Crippen molar-refractivity contribution in [2.24, 2.45) is 0 Å². The molecule has 0 spiro atoms. The summed E-state index contributed by atoms with van der Waals surface area (Å²) in [5.74, 6) is -0.100. The number of morpholine rings is 1. The number of aromatic nitrogens is 3. The topological polar surface area (TPSA) is 59.7 Å². The molecule has 3 rings (SSSR count). The number of rotatable bonds is 1. The van der Waals surface area contributed by atoms with Gasteiger partial charge < -0.3 is 9.64 Å². The van der Waals surface area contributed by atoms with Crippen molar-refractivity contribution in [3.63, 3.8) is 0 Å². The van der Waals surface area contributed by atoms with Crippen LogP contribution in [0, 0.1) is 0 Å². The van der Waals surface area contributed by atoms with Crippen molar-refractivity contribution >= 4 is 43.4 Å². The molecule has 0 radical (unpaired) electrons. The lowest BCUT2D eigenvalue weighted by atomic mass is 10.3. The van der Waals surface area contributed by atoms with Crippen molar-refractivity contribution in [1.29, 1.82) is 0 Å². The van der Waals surface area contributed by atoms with E-state index in [0.29, 0.717) is 42.1 Å². The average Bonchev–Trinajstić information content (AvgIpc) is 2.75. The molecule has 8 heteroatoms. The molecular weight excluding hydrogens is 380 g/mol. The lowest BCUT2D eigenvalue weighted by molar-refractivity contribution is 0.0298. The maximum Gasteiger partial charge on any atom is 0.275 e. The fourth-order valence-electron chi connectivity index (χ4n) is 1.94. The van der Waals surface area contributed by atoms with Gasteiger partial charge in [0.25, 0.3) is 5.91 Å². The molecule has 6 nitrogen and oxygen atoms in total. The smallest absolute Gasteiger partial charge is 0.275 e. The highest BCUT2D eigenvalue weighted by molar-refractivity contribution is 9.11. The summed E-state index contributed by atoms with van der Waals surface area (Å²) in [6.07, 6.45) is 3.44. The molecule has 0 bridgehead atoms. The molecule has 2 aromatic rings. The number of fused-ring (bicyclic) bond motifs is 1. The summed E-state index contributed by atoms with van der Waals surface area (Å²) in [4.78, 5) is 18.4. The van der Waals surface area contributed by atoms with Gasteiger partial charge >= 0.3 is 0 Å². The van der Waals surface area contributed by atoms with E-state index in [-0.39, 0.29) is 5.91 Å². The second-order valence-corrected chi connectivity index (χ2v) is 5.82. The standard InChI is InChI=1S/C11H10Br2N4O2/c12-7-5-14-10-8(13)9(15-17(10)6-7)11(18)16-1-3-19-4-2-16/h5-6H,1-4H2. The normalized spacial score (nSPS) is 16.0. The first-order valence-corrected chi connectivity index (χ1v) is 7.32. The molecular formula is C11H10Br2N4O2. The third kappa shape index (κ3) is 2.39. The van der Waals surface area contributed by atoms with E-state index in [2.05, 4.69) is 41.9 Å². The molecule has 2 aromatic heterocycles. The number of hydrogen-bond acceptors (Lipinski definition) is 4. The monoisotopic (exact) mass is 388 g/mol. The molecule has 1 saturated heterocycles. The molecule has 1 fully saturated rings. The van der Waals surface area contributed by atoms with E-state index < -0.39 is 0 Å². The Hall–Kier alpha value is -0.990. The van der Waals surface area contributed by atoms with Crippen LogP contribution in [0.15, 0.2) is 21.3 Å². The summed E-state index contributed by atoms with van der Waals surface area (Å²) < 4.78 is 8.25. The van der Waals surface area contributed by atoms with Gasteiger partial charge in [0.15, 0.2) is 11.3 Å². The fraction of sp³-hybridized carbons (Fsp3) is 0.364. The number of carbonyl (C=O) groups excluding carboxylic acids is 1. The van der Waals surface area contributed by atoms with Crippen molar-refractivity contribution < 1.29 is 9.53 Å². The highest BCUT2D eigenvalue weighted by Gasteiger charge is 2.25. The van der Waals surface area contributed by atoms with Gasteiger partial charge in [-0.3, -0.25) is 4.79 Å². The maximum absolute atomic E-state index is 12.4. The van der Waals surface area contributed by atoms with Crippen molar-refractivity contribution in [1.82, 2.24) is 19.5 Å². The molecule has 0 unspecified atom stereocenters. The van der Waals surface area contributed by atoms with Gasteiger partial charge in [0, 0.05) is 25.5 Å². The lowest BCUT2D eigenvalue weighted by Crippen LogP contribution is -2.41. The molecule has 19 heavy (non-hydrogen) atoms. The summed E-state index contributed by atoms with van der Waals surface area (Å²) in [5.41, 5.74) is 1.01. The summed E-state index contributed by atoms with van der Waals surface area (Å²) in [6, 6.07) is 0. The number of halogens is 2. The Morgan fingerprint density at radius 3 is 2.79 bits per heavy atom. The predicted octanol–water partition coefficient (Wildman–Crippen LogP) is 1.73. The highest BCUT2D eigenvalue weighted by Crippen LogP contribution is 2.23. The van der Waals surface area contributed by atoms with Crippen molar-refractivity contribution in [2.75, 3.05) is 26.3 Å². The molecule has 1 aliphatic heterocycles. The third-order valence-electron chi connectivity index (χ3n) is 2.89. The molecule has 0 atom stereocenters. The highest BCUT2D eigenvalue weighted by atomic mass is 79.9. The number of amides is 1. The average molecular weight is 390 g/mol. The summed E-state index contributed by atoms with van der Waals surface area (Å²) in [6.45, 7) is 2.33. The van der Waals surface area contributed by atoms with Crippen LogP contribution >= 0.6 is 31.9 Å². The second-order valence-electron chi connectivity index (χ2n) is 4.11. The number of carbonyl (C=O) groups is 1. The Morgan fingerprint density at radius 2 is 2.05 bits per heavy atom. The van der Waals surface area contributed by atoms with E-state index in [1.807, 2.05) is 0 Å². The molecule has 0 aliphatic carbocycles. The molecule has 1 aliphatic rings. The van der Waals surface area contributed by atoms with Crippen LogP contribution in [-0.4, -0.2) is 51.7 Å². The fourth-order valence-corrected chi connectivity index (χ4v) is 2.77. The van der Waals surface area contributed by atoms with E-state index >= 15 is 0 Å². The second kappa shape index (κ2) is 5.18. The Bertz CT molecular complexity index is 637. The Kier molecular flexibility index (Phi) is 3.55. The van der Waals surface area contributed by atoms with Crippen LogP contribution in [0.5, 0.6) is 0 Å². The van der Waals surface area contributed by atoms with E-state index in [4.69, 9.17) is 4.74 Å². The van der Waals surface area contributed by atoms with Crippen molar-refractivity contribution in [3.05, 3.63) is 27.0 Å². The summed E-state index contributed by atoms with van der Waals surface area (Å²) in [7, 11) is 0. The van der Waals surface area contributed by atoms with Crippen LogP contribution in [0.3, 0.4) is 0 Å². The van der Waals surface area contributed by atoms with Crippen LogP contribution < -0.4 is 0 Å². The molecule has 1 amide bonds. The van der Waals surface area contributed by atoms with Crippen LogP contribution in [0.2, 0.25) is 0 Å². The van der Waals surface area contributed by atoms with Crippen LogP contribution in [0.25, 0.3) is 5.65 Å². The number of ether oxygens (including phenoxy) is 1. The minimum absolute atomic E-state index is 0.100. The van der Waals surface area contributed by atoms with E-state index in [1.165, 1.54) is 0 Å². The first kappa shape index (κ1) is 13.0. The van der Waals surface area contributed by atoms with Gasteiger partial charge in [0.2, 0.25) is 0 Å². The lowest BCUT2D eigenvalue weighted by Gasteiger charge is -2.26. The molecule has 100 valence electrons. The Labute approximate surface area is 126 Å². The van der Waals surface area contributed by atoms with Gasteiger partial charge in [-0.1, -0.05) is 0 Å². The molecule has 3 heterocycles. The Morgan fingerprint density at radius 1 is 1.32 bits per heavy atom. The van der Waals surface area contributed by atoms with Crippen molar-refractivity contribution in [2.45, 2.75) is 0 Å². The minimum atomic E-state index is -0.100. The predicted molar refractivity (Wildman–Crippen MR) is 75.1 cm³/mol. The van der Waals surface area contributed by atoms with Crippen LogP contribution in [-0.2, 0) is 4.74 Å². The van der Waals surface area contributed by atoms with Crippen LogP contribution in [0.4, 0.5) is 0 Å². The van der Waals surface area contributed by atoms with Gasteiger partial charge in [-0.05, 0) is 31.9 Å².